The first-order valence-corrected chi connectivity index (χ1v) is 11.0. The van der Waals surface area contributed by atoms with Gasteiger partial charge in [0.25, 0.3) is 10.0 Å². The topological polar surface area (TPSA) is 73.2 Å². The fourth-order valence-electron chi connectivity index (χ4n) is 3.05. The molecule has 0 amide bonds. The number of hydrogen-bond donors (Lipinski definition) is 1. The van der Waals surface area contributed by atoms with Crippen LogP contribution in [0.2, 0.25) is 0 Å². The first kappa shape index (κ1) is 19.4. The van der Waals surface area contributed by atoms with Crippen molar-refractivity contribution < 1.29 is 17.5 Å². The zero-order valence-corrected chi connectivity index (χ0v) is 17.0. The lowest BCUT2D eigenvalue weighted by Crippen LogP contribution is -2.18. The molecule has 0 bridgehead atoms. The van der Waals surface area contributed by atoms with Crippen molar-refractivity contribution in [2.75, 3.05) is 4.72 Å². The van der Waals surface area contributed by atoms with Crippen LogP contribution in [0.15, 0.2) is 59.5 Å². The van der Waals surface area contributed by atoms with Crippen molar-refractivity contribution in [3.05, 3.63) is 66.1 Å². The van der Waals surface area contributed by atoms with Gasteiger partial charge in [-0.05, 0) is 57.0 Å². The van der Waals surface area contributed by atoms with E-state index < -0.39 is 15.8 Å². The van der Waals surface area contributed by atoms with Gasteiger partial charge in [0.1, 0.15) is 22.3 Å². The Hall–Kier alpha value is -2.87. The van der Waals surface area contributed by atoms with E-state index >= 15 is 0 Å². The SMILES string of the molecule is CC(C)Oc1ccc(F)cc1S(=O)(=O)Nc1cc(C2CC2)nn1-c1ccccc1. The highest BCUT2D eigenvalue weighted by atomic mass is 32.2. The van der Waals surface area contributed by atoms with Crippen LogP contribution in [0, 0.1) is 5.82 Å². The molecule has 0 saturated heterocycles. The summed E-state index contributed by atoms with van der Waals surface area (Å²) < 4.78 is 49.8. The molecule has 152 valence electrons. The van der Waals surface area contributed by atoms with E-state index in [0.717, 1.165) is 30.3 Å². The van der Waals surface area contributed by atoms with Crippen molar-refractivity contribution in [1.29, 1.82) is 0 Å². The van der Waals surface area contributed by atoms with E-state index in [1.807, 2.05) is 30.3 Å². The van der Waals surface area contributed by atoms with Crippen molar-refractivity contribution in [3.63, 3.8) is 0 Å². The summed E-state index contributed by atoms with van der Waals surface area (Å²) in [5.74, 6) is 0.0916. The molecule has 0 atom stereocenters. The minimum absolute atomic E-state index is 0.0992. The van der Waals surface area contributed by atoms with Crippen molar-refractivity contribution in [2.24, 2.45) is 0 Å². The second-order valence-corrected chi connectivity index (χ2v) is 8.99. The molecular formula is C21H22FN3O3S. The number of rotatable bonds is 7. The lowest BCUT2D eigenvalue weighted by atomic mass is 10.3. The van der Waals surface area contributed by atoms with Crippen LogP contribution in [0.4, 0.5) is 10.2 Å². The Labute approximate surface area is 169 Å². The Bertz CT molecular complexity index is 1120. The number of sulfonamides is 1. The largest absolute Gasteiger partial charge is 0.490 e. The molecular weight excluding hydrogens is 393 g/mol. The molecule has 0 spiro atoms. The number of benzene rings is 2. The van der Waals surface area contributed by atoms with Crippen LogP contribution in [-0.4, -0.2) is 24.3 Å². The minimum atomic E-state index is -4.11. The second kappa shape index (κ2) is 7.51. The molecule has 0 unspecified atom stereocenters. The van der Waals surface area contributed by atoms with Gasteiger partial charge in [0.15, 0.2) is 0 Å². The van der Waals surface area contributed by atoms with Gasteiger partial charge in [0, 0.05) is 12.0 Å². The van der Waals surface area contributed by atoms with E-state index in [0.29, 0.717) is 11.7 Å². The van der Waals surface area contributed by atoms with Gasteiger partial charge in [-0.3, -0.25) is 4.72 Å². The third-order valence-electron chi connectivity index (χ3n) is 4.52. The van der Waals surface area contributed by atoms with Crippen LogP contribution in [0.5, 0.6) is 5.75 Å². The van der Waals surface area contributed by atoms with E-state index in [1.54, 1.807) is 24.6 Å². The summed E-state index contributed by atoms with van der Waals surface area (Å²) in [5, 5.41) is 4.59. The van der Waals surface area contributed by atoms with Crippen molar-refractivity contribution >= 4 is 15.8 Å². The predicted molar refractivity (Wildman–Crippen MR) is 109 cm³/mol. The van der Waals surface area contributed by atoms with Crippen LogP contribution in [0.3, 0.4) is 0 Å². The Kier molecular flexibility index (Phi) is 5.04. The van der Waals surface area contributed by atoms with Crippen LogP contribution >= 0.6 is 0 Å². The summed E-state index contributed by atoms with van der Waals surface area (Å²) in [4.78, 5) is -0.250. The van der Waals surface area contributed by atoms with Crippen LogP contribution in [0.25, 0.3) is 5.69 Å². The Morgan fingerprint density at radius 2 is 1.86 bits per heavy atom. The third kappa shape index (κ3) is 4.27. The van der Waals surface area contributed by atoms with Gasteiger partial charge in [-0.1, -0.05) is 18.2 Å². The molecule has 1 heterocycles. The van der Waals surface area contributed by atoms with Gasteiger partial charge in [-0.15, -0.1) is 0 Å². The molecule has 29 heavy (non-hydrogen) atoms. The number of hydrogen-bond acceptors (Lipinski definition) is 4. The number of halogens is 1. The quantitative estimate of drug-likeness (QED) is 0.618. The molecule has 1 N–H and O–H groups in total. The molecule has 4 rings (SSSR count). The van der Waals surface area contributed by atoms with Crippen LogP contribution in [-0.2, 0) is 10.0 Å². The molecule has 1 aliphatic rings. The van der Waals surface area contributed by atoms with E-state index in [4.69, 9.17) is 4.74 Å². The van der Waals surface area contributed by atoms with E-state index in [1.165, 1.54) is 12.1 Å². The molecule has 0 aliphatic heterocycles. The molecule has 1 aromatic heterocycles. The highest BCUT2D eigenvalue weighted by Crippen LogP contribution is 2.41. The molecule has 8 heteroatoms. The molecule has 2 aromatic carbocycles. The number of para-hydroxylation sites is 1. The average molecular weight is 415 g/mol. The lowest BCUT2D eigenvalue weighted by molar-refractivity contribution is 0.235. The molecule has 6 nitrogen and oxygen atoms in total. The van der Waals surface area contributed by atoms with Crippen LogP contribution < -0.4 is 9.46 Å². The first-order chi connectivity index (χ1) is 13.8. The summed E-state index contributed by atoms with van der Waals surface area (Å²) >= 11 is 0. The van der Waals surface area contributed by atoms with E-state index in [-0.39, 0.29) is 16.7 Å². The zero-order valence-electron chi connectivity index (χ0n) is 16.2. The normalized spacial score (nSPS) is 14.2. The van der Waals surface area contributed by atoms with Gasteiger partial charge >= 0.3 is 0 Å². The van der Waals surface area contributed by atoms with E-state index in [2.05, 4.69) is 9.82 Å². The van der Waals surface area contributed by atoms with Gasteiger partial charge in [-0.25, -0.2) is 17.5 Å². The van der Waals surface area contributed by atoms with Gasteiger partial charge < -0.3 is 4.74 Å². The minimum Gasteiger partial charge on any atom is -0.490 e. The maximum absolute atomic E-state index is 13.9. The maximum atomic E-state index is 13.9. The number of nitrogens with one attached hydrogen (secondary N) is 1. The Balaban J connectivity index is 1.75. The summed E-state index contributed by atoms with van der Waals surface area (Å²) in [6, 6.07) is 14.5. The molecule has 3 aromatic rings. The molecule has 0 radical (unpaired) electrons. The molecule has 1 fully saturated rings. The highest BCUT2D eigenvalue weighted by molar-refractivity contribution is 7.92. The second-order valence-electron chi connectivity index (χ2n) is 7.34. The summed E-state index contributed by atoms with van der Waals surface area (Å²) in [6.07, 6.45) is 1.81. The Morgan fingerprint density at radius 3 is 2.52 bits per heavy atom. The standard InChI is InChI=1S/C21H22FN3O3S/c1-14(2)28-19-11-10-16(22)12-20(19)29(26,27)24-21-13-18(15-8-9-15)23-25(21)17-6-4-3-5-7-17/h3-7,10-15,24H,8-9H2,1-2H3. The highest BCUT2D eigenvalue weighted by Gasteiger charge is 2.29. The number of nitrogens with zero attached hydrogens (tertiary/aromatic N) is 2. The Morgan fingerprint density at radius 1 is 1.14 bits per heavy atom. The van der Waals surface area contributed by atoms with Gasteiger partial charge in [-0.2, -0.15) is 5.10 Å². The maximum Gasteiger partial charge on any atom is 0.266 e. The summed E-state index contributed by atoms with van der Waals surface area (Å²) in [6.45, 7) is 3.55. The number of anilines is 1. The number of aromatic nitrogens is 2. The van der Waals surface area contributed by atoms with E-state index in [9.17, 15) is 12.8 Å². The monoisotopic (exact) mass is 415 g/mol. The summed E-state index contributed by atoms with van der Waals surface area (Å²) in [5.41, 5.74) is 1.57. The smallest absolute Gasteiger partial charge is 0.266 e. The van der Waals surface area contributed by atoms with Crippen LogP contribution in [0.1, 0.15) is 38.3 Å². The first-order valence-electron chi connectivity index (χ1n) is 9.48. The van der Waals surface area contributed by atoms with Crippen molar-refractivity contribution in [3.8, 4) is 11.4 Å². The third-order valence-corrected chi connectivity index (χ3v) is 5.90. The zero-order chi connectivity index (χ0) is 20.6. The van der Waals surface area contributed by atoms with Gasteiger partial charge in [0.05, 0.1) is 17.5 Å². The molecule has 1 saturated carbocycles. The number of ether oxygens (including phenoxy) is 1. The predicted octanol–water partition coefficient (Wildman–Crippen LogP) is 4.48. The summed E-state index contributed by atoms with van der Waals surface area (Å²) in [7, 11) is -4.11. The lowest BCUT2D eigenvalue weighted by Gasteiger charge is -2.16. The van der Waals surface area contributed by atoms with Gasteiger partial charge in [0.2, 0.25) is 0 Å². The molecule has 1 aliphatic carbocycles. The van der Waals surface area contributed by atoms with Crippen molar-refractivity contribution in [1.82, 2.24) is 9.78 Å². The van der Waals surface area contributed by atoms with Crippen molar-refractivity contribution in [2.45, 2.75) is 43.6 Å². The average Bonchev–Trinajstić information content (AvgIpc) is 3.44. The fourth-order valence-corrected chi connectivity index (χ4v) is 4.23. The fraction of sp³-hybridized carbons (Fsp3) is 0.286.